The van der Waals surface area contributed by atoms with Crippen LogP contribution in [0.25, 0.3) is 0 Å². The average molecular weight is 148 g/mol. The number of ether oxygens (including phenoxy) is 1. The second kappa shape index (κ2) is 6.99. The van der Waals surface area contributed by atoms with Crippen LogP contribution >= 0.6 is 0 Å². The van der Waals surface area contributed by atoms with Gasteiger partial charge in [-0.05, 0) is 13.8 Å². The zero-order chi connectivity index (χ0) is 7.28. The number of hydrogen-bond donors (Lipinski definition) is 2. The fourth-order valence-electron chi connectivity index (χ4n) is 0.440. The maximum absolute atomic E-state index is 5.41. The van der Waals surface area contributed by atoms with Gasteiger partial charge in [0.05, 0.1) is 13.2 Å². The molecule has 0 fully saturated rings. The van der Waals surface area contributed by atoms with E-state index in [1.807, 2.05) is 13.8 Å². The Hall–Kier alpha value is -0.120. The van der Waals surface area contributed by atoms with Gasteiger partial charge in [0, 0.05) is 12.1 Å². The topological polar surface area (TPSA) is 61.3 Å². The van der Waals surface area contributed by atoms with Crippen molar-refractivity contribution in [2.45, 2.75) is 33.4 Å². The SMILES string of the molecule is C.CC(N)COCC(C)N. The van der Waals surface area contributed by atoms with Crippen molar-refractivity contribution in [2.75, 3.05) is 13.2 Å². The van der Waals surface area contributed by atoms with Gasteiger partial charge in [-0.15, -0.1) is 0 Å². The Balaban J connectivity index is 0. The smallest absolute Gasteiger partial charge is 0.0615 e. The number of rotatable bonds is 4. The van der Waals surface area contributed by atoms with E-state index in [1.165, 1.54) is 0 Å². The highest BCUT2D eigenvalue weighted by atomic mass is 16.5. The molecule has 3 heteroatoms. The van der Waals surface area contributed by atoms with Crippen molar-refractivity contribution in [2.24, 2.45) is 11.5 Å². The molecule has 2 unspecified atom stereocenters. The quantitative estimate of drug-likeness (QED) is 0.604. The summed E-state index contributed by atoms with van der Waals surface area (Å²) in [5, 5.41) is 0. The minimum Gasteiger partial charge on any atom is -0.378 e. The molecule has 0 aliphatic heterocycles. The van der Waals surface area contributed by atoms with Crippen molar-refractivity contribution < 1.29 is 4.74 Å². The van der Waals surface area contributed by atoms with Crippen LogP contribution in [-0.2, 0) is 4.74 Å². The van der Waals surface area contributed by atoms with Gasteiger partial charge in [-0.2, -0.15) is 0 Å². The largest absolute Gasteiger partial charge is 0.378 e. The monoisotopic (exact) mass is 148 g/mol. The Kier molecular flexibility index (Phi) is 8.77. The molecule has 0 aromatic carbocycles. The summed E-state index contributed by atoms with van der Waals surface area (Å²) < 4.78 is 5.11. The lowest BCUT2D eigenvalue weighted by Crippen LogP contribution is -2.27. The molecular weight excluding hydrogens is 128 g/mol. The van der Waals surface area contributed by atoms with Crippen molar-refractivity contribution in [1.82, 2.24) is 0 Å². The van der Waals surface area contributed by atoms with Gasteiger partial charge in [0.1, 0.15) is 0 Å². The van der Waals surface area contributed by atoms with Crippen molar-refractivity contribution in [1.29, 1.82) is 0 Å². The Morgan fingerprint density at radius 2 is 1.40 bits per heavy atom. The molecule has 64 valence electrons. The summed E-state index contributed by atoms with van der Waals surface area (Å²) in [6.07, 6.45) is 0. The summed E-state index contributed by atoms with van der Waals surface area (Å²) in [6.45, 7) is 5.01. The van der Waals surface area contributed by atoms with E-state index in [1.54, 1.807) is 0 Å². The van der Waals surface area contributed by atoms with E-state index < -0.39 is 0 Å². The molecule has 0 radical (unpaired) electrons. The molecule has 0 aromatic rings. The fraction of sp³-hybridized carbons (Fsp3) is 1.00. The van der Waals surface area contributed by atoms with Crippen LogP contribution in [0.3, 0.4) is 0 Å². The maximum Gasteiger partial charge on any atom is 0.0615 e. The third-order valence-electron chi connectivity index (χ3n) is 0.761. The summed E-state index contributed by atoms with van der Waals surface area (Å²) in [7, 11) is 0. The van der Waals surface area contributed by atoms with Crippen molar-refractivity contribution in [3.8, 4) is 0 Å². The standard InChI is InChI=1S/C6H16N2O.CH4/c1-5(7)3-9-4-6(2)8;/h5-6H,3-4,7-8H2,1-2H3;1H4. The molecule has 0 saturated heterocycles. The molecule has 0 aliphatic carbocycles. The molecule has 3 nitrogen and oxygen atoms in total. The second-order valence-electron chi connectivity index (χ2n) is 2.49. The number of nitrogens with two attached hydrogens (primary N) is 2. The van der Waals surface area contributed by atoms with Crippen LogP contribution in [0.1, 0.15) is 21.3 Å². The van der Waals surface area contributed by atoms with E-state index in [-0.39, 0.29) is 19.5 Å². The molecule has 0 aromatic heterocycles. The first kappa shape index (κ1) is 12.5. The van der Waals surface area contributed by atoms with E-state index in [0.717, 1.165) is 0 Å². The van der Waals surface area contributed by atoms with Crippen LogP contribution < -0.4 is 11.5 Å². The van der Waals surface area contributed by atoms with Crippen LogP contribution in [0, 0.1) is 0 Å². The molecule has 0 aliphatic rings. The minimum absolute atomic E-state index is 0. The van der Waals surface area contributed by atoms with E-state index in [2.05, 4.69) is 0 Å². The third-order valence-corrected chi connectivity index (χ3v) is 0.761. The second-order valence-corrected chi connectivity index (χ2v) is 2.49. The summed E-state index contributed by atoms with van der Waals surface area (Å²) >= 11 is 0. The van der Waals surface area contributed by atoms with Gasteiger partial charge in [-0.3, -0.25) is 0 Å². The van der Waals surface area contributed by atoms with Gasteiger partial charge < -0.3 is 16.2 Å². The first-order chi connectivity index (χ1) is 4.13. The van der Waals surface area contributed by atoms with E-state index in [9.17, 15) is 0 Å². The highest BCUT2D eigenvalue weighted by molar-refractivity contribution is 4.52. The van der Waals surface area contributed by atoms with E-state index in [0.29, 0.717) is 13.2 Å². The molecule has 0 rings (SSSR count). The lowest BCUT2D eigenvalue weighted by atomic mass is 10.4. The summed E-state index contributed by atoms with van der Waals surface area (Å²) in [4.78, 5) is 0. The first-order valence-electron chi connectivity index (χ1n) is 3.22. The van der Waals surface area contributed by atoms with Gasteiger partial charge in [-0.25, -0.2) is 0 Å². The van der Waals surface area contributed by atoms with Crippen molar-refractivity contribution >= 4 is 0 Å². The maximum atomic E-state index is 5.41. The number of hydrogen-bond acceptors (Lipinski definition) is 3. The first-order valence-corrected chi connectivity index (χ1v) is 3.22. The zero-order valence-electron chi connectivity index (χ0n) is 6.13. The van der Waals surface area contributed by atoms with E-state index >= 15 is 0 Å². The normalized spacial score (nSPS) is 15.6. The van der Waals surface area contributed by atoms with Gasteiger partial charge >= 0.3 is 0 Å². The van der Waals surface area contributed by atoms with Gasteiger partial charge in [0.25, 0.3) is 0 Å². The lowest BCUT2D eigenvalue weighted by Gasteiger charge is -2.08. The summed E-state index contributed by atoms with van der Waals surface area (Å²) in [5.41, 5.74) is 10.8. The van der Waals surface area contributed by atoms with E-state index in [4.69, 9.17) is 16.2 Å². The highest BCUT2D eigenvalue weighted by Gasteiger charge is 1.95. The molecule has 0 heterocycles. The molecule has 2 atom stereocenters. The van der Waals surface area contributed by atoms with Crippen molar-refractivity contribution in [3.63, 3.8) is 0 Å². The van der Waals surface area contributed by atoms with Crippen LogP contribution in [0.5, 0.6) is 0 Å². The Morgan fingerprint density at radius 1 is 1.10 bits per heavy atom. The third kappa shape index (κ3) is 10.8. The molecular formula is C7H20N2O. The lowest BCUT2D eigenvalue weighted by molar-refractivity contribution is 0.115. The van der Waals surface area contributed by atoms with Crippen molar-refractivity contribution in [3.05, 3.63) is 0 Å². The van der Waals surface area contributed by atoms with Gasteiger partial charge in [0.2, 0.25) is 0 Å². The van der Waals surface area contributed by atoms with Crippen LogP contribution in [0.4, 0.5) is 0 Å². The summed E-state index contributed by atoms with van der Waals surface area (Å²) in [5.74, 6) is 0. The summed E-state index contributed by atoms with van der Waals surface area (Å²) in [6, 6.07) is 0.229. The molecule has 0 saturated carbocycles. The Morgan fingerprint density at radius 3 is 1.60 bits per heavy atom. The fourth-order valence-corrected chi connectivity index (χ4v) is 0.440. The molecule has 0 amide bonds. The van der Waals surface area contributed by atoms with Gasteiger partial charge in [0.15, 0.2) is 0 Å². The Labute approximate surface area is 63.7 Å². The van der Waals surface area contributed by atoms with Crippen LogP contribution in [-0.4, -0.2) is 25.3 Å². The molecule has 0 spiro atoms. The van der Waals surface area contributed by atoms with Crippen LogP contribution in [0.15, 0.2) is 0 Å². The zero-order valence-corrected chi connectivity index (χ0v) is 6.13. The molecule has 10 heavy (non-hydrogen) atoms. The molecule has 0 bridgehead atoms. The predicted molar refractivity (Wildman–Crippen MR) is 44.8 cm³/mol. The predicted octanol–water partition coefficient (Wildman–Crippen LogP) is 0.334. The molecule has 4 N–H and O–H groups in total. The van der Waals surface area contributed by atoms with Crippen LogP contribution in [0.2, 0.25) is 0 Å². The average Bonchev–Trinajstić information content (AvgIpc) is 1.63. The van der Waals surface area contributed by atoms with Gasteiger partial charge in [-0.1, -0.05) is 7.43 Å². The minimum atomic E-state index is 0. The Bertz CT molecular complexity index is 56.6. The highest BCUT2D eigenvalue weighted by Crippen LogP contribution is 1.81.